The fourth-order valence-electron chi connectivity index (χ4n) is 0.651. The lowest BCUT2D eigenvalue weighted by Crippen LogP contribution is -2.32. The Balaban J connectivity index is 4.23. The number of rotatable bonds is 3. The second-order valence-corrected chi connectivity index (χ2v) is 3.78. The number of nitrogens with one attached hydrogen (secondary N) is 1. The molecule has 70 valence electrons. The molecule has 0 radical (unpaired) electrons. The lowest BCUT2D eigenvalue weighted by atomic mass is 10.1. The van der Waals surface area contributed by atoms with E-state index in [1.54, 1.807) is 6.20 Å². The third kappa shape index (κ3) is 4.77. The van der Waals surface area contributed by atoms with E-state index in [4.69, 9.17) is 5.73 Å². The van der Waals surface area contributed by atoms with Gasteiger partial charge in [0.1, 0.15) is 0 Å². The number of hydrogen-bond acceptors (Lipinski definition) is 2. The molecule has 0 aromatic rings. The number of hydrogen-bond donors (Lipinski definition) is 2. The van der Waals surface area contributed by atoms with E-state index >= 15 is 0 Å². The van der Waals surface area contributed by atoms with Crippen molar-refractivity contribution in [3.05, 3.63) is 11.8 Å². The molecule has 0 bridgehead atoms. The lowest BCUT2D eigenvalue weighted by molar-refractivity contribution is -0.114. The SMILES string of the molecule is CC/C(=C/NC(C)(C)C)C(N)=O. The minimum atomic E-state index is -0.353. The Morgan fingerprint density at radius 2 is 2.00 bits per heavy atom. The van der Waals surface area contributed by atoms with Crippen molar-refractivity contribution in [3.63, 3.8) is 0 Å². The highest BCUT2D eigenvalue weighted by Gasteiger charge is 2.07. The molecule has 0 atom stereocenters. The van der Waals surface area contributed by atoms with Gasteiger partial charge in [-0.1, -0.05) is 6.92 Å². The number of carbonyl (C=O) groups excluding carboxylic acids is 1. The zero-order valence-electron chi connectivity index (χ0n) is 8.27. The monoisotopic (exact) mass is 170 g/mol. The maximum Gasteiger partial charge on any atom is 0.246 e. The predicted molar refractivity (Wildman–Crippen MR) is 50.5 cm³/mol. The summed E-state index contributed by atoms with van der Waals surface area (Å²) in [4.78, 5) is 10.8. The largest absolute Gasteiger partial charge is 0.386 e. The minimum absolute atomic E-state index is 0.0180. The zero-order valence-corrected chi connectivity index (χ0v) is 8.27. The highest BCUT2D eigenvalue weighted by Crippen LogP contribution is 2.02. The first-order valence-corrected chi connectivity index (χ1v) is 4.13. The lowest BCUT2D eigenvalue weighted by Gasteiger charge is -2.19. The molecule has 0 saturated carbocycles. The van der Waals surface area contributed by atoms with Gasteiger partial charge in [-0.05, 0) is 27.2 Å². The molecule has 1 amide bonds. The van der Waals surface area contributed by atoms with Crippen LogP contribution in [-0.2, 0) is 4.79 Å². The molecule has 0 fully saturated rings. The smallest absolute Gasteiger partial charge is 0.246 e. The van der Waals surface area contributed by atoms with Crippen molar-refractivity contribution in [2.24, 2.45) is 5.73 Å². The van der Waals surface area contributed by atoms with E-state index in [1.807, 2.05) is 27.7 Å². The van der Waals surface area contributed by atoms with Crippen LogP contribution in [0.3, 0.4) is 0 Å². The molecule has 0 unspecified atom stereocenters. The van der Waals surface area contributed by atoms with Crippen LogP contribution in [0.2, 0.25) is 0 Å². The Morgan fingerprint density at radius 1 is 1.50 bits per heavy atom. The Bertz CT molecular complexity index is 189. The molecular formula is C9H18N2O. The topological polar surface area (TPSA) is 55.1 Å². The van der Waals surface area contributed by atoms with Crippen LogP contribution in [0.25, 0.3) is 0 Å². The van der Waals surface area contributed by atoms with Crippen molar-refractivity contribution in [2.75, 3.05) is 0 Å². The molecule has 3 nitrogen and oxygen atoms in total. The van der Waals surface area contributed by atoms with E-state index in [0.29, 0.717) is 12.0 Å². The molecule has 3 heteroatoms. The summed E-state index contributed by atoms with van der Waals surface area (Å²) in [5.41, 5.74) is 5.74. The van der Waals surface area contributed by atoms with Crippen LogP contribution in [0.1, 0.15) is 34.1 Å². The summed E-state index contributed by atoms with van der Waals surface area (Å²) in [6, 6.07) is 0. The van der Waals surface area contributed by atoms with Crippen LogP contribution in [0.4, 0.5) is 0 Å². The number of nitrogens with two attached hydrogens (primary N) is 1. The number of amides is 1. The van der Waals surface area contributed by atoms with Crippen LogP contribution in [-0.4, -0.2) is 11.4 Å². The molecule has 0 aliphatic carbocycles. The van der Waals surface area contributed by atoms with Crippen molar-refractivity contribution in [1.82, 2.24) is 5.32 Å². The first kappa shape index (κ1) is 11.0. The molecule has 12 heavy (non-hydrogen) atoms. The van der Waals surface area contributed by atoms with E-state index in [2.05, 4.69) is 5.32 Å². The second-order valence-electron chi connectivity index (χ2n) is 3.78. The third-order valence-electron chi connectivity index (χ3n) is 1.38. The molecule has 0 aromatic carbocycles. The Kier molecular flexibility index (Phi) is 3.80. The van der Waals surface area contributed by atoms with Crippen LogP contribution in [0.5, 0.6) is 0 Å². The maximum atomic E-state index is 10.8. The summed E-state index contributed by atoms with van der Waals surface area (Å²) in [5, 5.41) is 3.09. The number of primary amides is 1. The first-order valence-electron chi connectivity index (χ1n) is 4.13. The zero-order chi connectivity index (χ0) is 9.78. The van der Waals surface area contributed by atoms with Gasteiger partial charge in [-0.3, -0.25) is 4.79 Å². The highest BCUT2D eigenvalue weighted by molar-refractivity contribution is 5.91. The predicted octanol–water partition coefficient (Wildman–Crippen LogP) is 1.15. The molecule has 3 N–H and O–H groups in total. The van der Waals surface area contributed by atoms with Gasteiger partial charge in [0.05, 0.1) is 0 Å². The Morgan fingerprint density at radius 3 is 2.25 bits per heavy atom. The van der Waals surface area contributed by atoms with Gasteiger partial charge in [0.2, 0.25) is 5.91 Å². The summed E-state index contributed by atoms with van der Waals surface area (Å²) < 4.78 is 0. The Hall–Kier alpha value is -0.990. The average Bonchev–Trinajstić information content (AvgIpc) is 1.85. The van der Waals surface area contributed by atoms with E-state index in [9.17, 15) is 4.79 Å². The van der Waals surface area contributed by atoms with Gasteiger partial charge in [-0.2, -0.15) is 0 Å². The van der Waals surface area contributed by atoms with E-state index in [-0.39, 0.29) is 11.4 Å². The highest BCUT2D eigenvalue weighted by atomic mass is 16.1. The molecule has 0 heterocycles. The van der Waals surface area contributed by atoms with Crippen molar-refractivity contribution in [2.45, 2.75) is 39.7 Å². The van der Waals surface area contributed by atoms with Gasteiger partial charge >= 0.3 is 0 Å². The van der Waals surface area contributed by atoms with E-state index in [0.717, 1.165) is 0 Å². The molecular weight excluding hydrogens is 152 g/mol. The van der Waals surface area contributed by atoms with Crippen LogP contribution < -0.4 is 11.1 Å². The van der Waals surface area contributed by atoms with Gasteiger partial charge in [0.15, 0.2) is 0 Å². The molecule has 0 aromatic heterocycles. The van der Waals surface area contributed by atoms with Gasteiger partial charge in [0.25, 0.3) is 0 Å². The van der Waals surface area contributed by atoms with Crippen molar-refractivity contribution < 1.29 is 4.79 Å². The quantitative estimate of drug-likeness (QED) is 0.624. The van der Waals surface area contributed by atoms with E-state index in [1.165, 1.54) is 0 Å². The van der Waals surface area contributed by atoms with Gasteiger partial charge in [-0.15, -0.1) is 0 Å². The summed E-state index contributed by atoms with van der Waals surface area (Å²) in [6.45, 7) is 7.98. The Labute approximate surface area is 74.0 Å². The normalized spacial score (nSPS) is 12.8. The summed E-state index contributed by atoms with van der Waals surface area (Å²) in [6.07, 6.45) is 2.36. The van der Waals surface area contributed by atoms with Gasteiger partial charge < -0.3 is 11.1 Å². The van der Waals surface area contributed by atoms with Crippen molar-refractivity contribution >= 4 is 5.91 Å². The van der Waals surface area contributed by atoms with Crippen LogP contribution >= 0.6 is 0 Å². The van der Waals surface area contributed by atoms with Gasteiger partial charge in [-0.25, -0.2) is 0 Å². The summed E-state index contributed by atoms with van der Waals surface area (Å²) in [5.74, 6) is -0.353. The average molecular weight is 170 g/mol. The molecule has 0 spiro atoms. The molecule has 0 aliphatic heterocycles. The summed E-state index contributed by atoms with van der Waals surface area (Å²) in [7, 11) is 0. The first-order chi connectivity index (χ1) is 5.37. The molecule has 0 aliphatic rings. The molecule has 0 rings (SSSR count). The summed E-state index contributed by atoms with van der Waals surface area (Å²) >= 11 is 0. The van der Waals surface area contributed by atoms with Crippen LogP contribution in [0, 0.1) is 0 Å². The maximum absolute atomic E-state index is 10.8. The fourth-order valence-corrected chi connectivity index (χ4v) is 0.651. The van der Waals surface area contributed by atoms with Crippen LogP contribution in [0.15, 0.2) is 11.8 Å². The van der Waals surface area contributed by atoms with E-state index < -0.39 is 0 Å². The standard InChI is InChI=1S/C9H18N2O/c1-5-7(8(10)12)6-11-9(2,3)4/h6,11H,5H2,1-4H3,(H2,10,12)/b7-6-. The van der Waals surface area contributed by atoms with Gasteiger partial charge in [0, 0.05) is 17.3 Å². The van der Waals surface area contributed by atoms with Crippen molar-refractivity contribution in [1.29, 1.82) is 0 Å². The minimum Gasteiger partial charge on any atom is -0.386 e. The molecule has 0 saturated heterocycles. The third-order valence-corrected chi connectivity index (χ3v) is 1.38. The second kappa shape index (κ2) is 4.14. The van der Waals surface area contributed by atoms with Crippen molar-refractivity contribution in [3.8, 4) is 0 Å². The fraction of sp³-hybridized carbons (Fsp3) is 0.667. The number of carbonyl (C=O) groups is 1.